The quantitative estimate of drug-likeness (QED) is 0.503. The topological polar surface area (TPSA) is 157 Å². The van der Waals surface area contributed by atoms with Crippen molar-refractivity contribution in [2.24, 2.45) is 11.1 Å². The van der Waals surface area contributed by atoms with Gasteiger partial charge in [-0.3, -0.25) is 0 Å². The number of pyridine rings is 1. The van der Waals surface area contributed by atoms with Crippen molar-refractivity contribution in [2.75, 3.05) is 29.5 Å². The number of rotatable bonds is 3. The van der Waals surface area contributed by atoms with E-state index in [0.717, 1.165) is 38.0 Å². The zero-order valence-electron chi connectivity index (χ0n) is 17.0. The first-order chi connectivity index (χ1) is 15.4. The van der Waals surface area contributed by atoms with Crippen molar-refractivity contribution in [2.45, 2.75) is 35.2 Å². The molecule has 9 nitrogen and oxygen atoms in total. The van der Waals surface area contributed by atoms with E-state index in [1.165, 1.54) is 16.6 Å². The molecule has 1 aliphatic carbocycles. The summed E-state index contributed by atoms with van der Waals surface area (Å²) in [6, 6.07) is 3.83. The summed E-state index contributed by atoms with van der Waals surface area (Å²) in [6.07, 6.45) is 4.31. The number of nitrogens with two attached hydrogens (primary N) is 3. The molecule has 164 valence electrons. The molecule has 3 aromatic heterocycles. The van der Waals surface area contributed by atoms with Gasteiger partial charge in [-0.05, 0) is 30.7 Å². The maximum Gasteiger partial charge on any atom is 0.184 e. The highest BCUT2D eigenvalue weighted by Crippen LogP contribution is 2.51. The lowest BCUT2D eigenvalue weighted by Gasteiger charge is -2.42. The number of thiazole rings is 1. The number of aromatic nitrogens is 4. The Morgan fingerprint density at radius 3 is 2.72 bits per heavy atom. The first kappa shape index (κ1) is 21.2. The van der Waals surface area contributed by atoms with Gasteiger partial charge in [-0.2, -0.15) is 5.26 Å². The van der Waals surface area contributed by atoms with Gasteiger partial charge in [-0.1, -0.05) is 23.4 Å². The Morgan fingerprint density at radius 2 is 2.00 bits per heavy atom. The number of anilines is 3. The normalized spacial score (nSPS) is 19.2. The van der Waals surface area contributed by atoms with E-state index in [-0.39, 0.29) is 28.8 Å². The highest BCUT2D eigenvalue weighted by molar-refractivity contribution is 7.99. The fraction of sp³-hybridized carbons (Fsp3) is 0.350. The highest BCUT2D eigenvalue weighted by Gasteiger charge is 2.47. The zero-order chi connectivity index (χ0) is 22.5. The van der Waals surface area contributed by atoms with Gasteiger partial charge in [-0.25, -0.2) is 19.9 Å². The summed E-state index contributed by atoms with van der Waals surface area (Å²) >= 11 is 9.12. The van der Waals surface area contributed by atoms with Crippen LogP contribution < -0.4 is 22.1 Å². The van der Waals surface area contributed by atoms with Gasteiger partial charge >= 0.3 is 0 Å². The Kier molecular flexibility index (Phi) is 5.33. The number of nitrogen functional groups attached to an aromatic ring is 2. The first-order valence-corrected chi connectivity index (χ1v) is 12.1. The van der Waals surface area contributed by atoms with E-state index in [2.05, 4.69) is 30.9 Å². The molecule has 12 heteroatoms. The van der Waals surface area contributed by atoms with Crippen LogP contribution in [0, 0.1) is 16.7 Å². The van der Waals surface area contributed by atoms with E-state index in [1.54, 1.807) is 23.6 Å². The molecule has 5 rings (SSSR count). The summed E-state index contributed by atoms with van der Waals surface area (Å²) in [4.78, 5) is 21.5. The molecular weight excluding hydrogens is 466 g/mol. The number of nitriles is 1. The summed E-state index contributed by atoms with van der Waals surface area (Å²) in [7, 11) is 0. The third-order valence-corrected chi connectivity index (χ3v) is 8.67. The lowest BCUT2D eigenvalue weighted by Crippen LogP contribution is -2.45. The Balaban J connectivity index is 1.37. The lowest BCUT2D eigenvalue weighted by molar-refractivity contribution is 0.186. The summed E-state index contributed by atoms with van der Waals surface area (Å²) in [6.45, 7) is 1.45. The smallest absolute Gasteiger partial charge is 0.184 e. The minimum atomic E-state index is -0.0474. The van der Waals surface area contributed by atoms with Crippen molar-refractivity contribution < 1.29 is 0 Å². The molecule has 1 atom stereocenters. The van der Waals surface area contributed by atoms with Crippen LogP contribution in [0.4, 0.5) is 17.5 Å². The monoisotopic (exact) mass is 485 g/mol. The zero-order valence-corrected chi connectivity index (χ0v) is 19.3. The fourth-order valence-corrected chi connectivity index (χ4v) is 6.47. The van der Waals surface area contributed by atoms with Gasteiger partial charge < -0.3 is 22.1 Å². The van der Waals surface area contributed by atoms with Crippen molar-refractivity contribution in [1.82, 2.24) is 19.9 Å². The number of fused-ring (bicyclic) bond motifs is 1. The van der Waals surface area contributed by atoms with Gasteiger partial charge in [-0.15, -0.1) is 11.3 Å². The van der Waals surface area contributed by atoms with Gasteiger partial charge in [0.2, 0.25) is 0 Å². The van der Waals surface area contributed by atoms with Crippen molar-refractivity contribution in [3.63, 3.8) is 0 Å². The standard InChI is InChI=1S/C20H20ClN9S2/c21-13-11(1-4-26-16(13)24)32-19-17(25)29-18(10(8-22)28-19)30-5-2-20(3-6-30)7-12-14(15(20)23)27-9-31-12/h1,4,9,15H,2-3,5-7,23H2,(H2,24,26)(H2,25,29)/t15-/m1/s1. The Hall–Kier alpha value is -2.65. The molecular formula is C20H20ClN9S2. The molecule has 1 saturated heterocycles. The van der Waals surface area contributed by atoms with Crippen LogP contribution in [-0.2, 0) is 6.42 Å². The average Bonchev–Trinajstić information content (AvgIpc) is 3.34. The molecule has 2 aliphatic rings. The molecule has 0 bridgehead atoms. The average molecular weight is 486 g/mol. The van der Waals surface area contributed by atoms with Crippen LogP contribution in [0.3, 0.4) is 0 Å². The van der Waals surface area contributed by atoms with Crippen LogP contribution >= 0.6 is 34.7 Å². The lowest BCUT2D eigenvalue weighted by atomic mass is 9.73. The Morgan fingerprint density at radius 1 is 1.22 bits per heavy atom. The molecule has 0 radical (unpaired) electrons. The second-order valence-corrected chi connectivity index (χ2v) is 10.3. The number of nitrogens with zero attached hydrogens (tertiary/aromatic N) is 6. The Bertz CT molecular complexity index is 1230. The van der Waals surface area contributed by atoms with E-state index in [4.69, 9.17) is 28.8 Å². The summed E-state index contributed by atoms with van der Waals surface area (Å²) in [5, 5.41) is 10.5. The Labute approximate surface area is 198 Å². The number of halogens is 1. The first-order valence-electron chi connectivity index (χ1n) is 10.00. The van der Waals surface area contributed by atoms with Gasteiger partial charge in [0.1, 0.15) is 16.9 Å². The van der Waals surface area contributed by atoms with Gasteiger partial charge in [0.05, 0.1) is 22.3 Å². The van der Waals surface area contributed by atoms with Crippen molar-refractivity contribution >= 4 is 52.2 Å². The second kappa shape index (κ2) is 8.04. The van der Waals surface area contributed by atoms with Gasteiger partial charge in [0, 0.05) is 29.1 Å². The molecule has 0 amide bonds. The van der Waals surface area contributed by atoms with Crippen LogP contribution in [0.5, 0.6) is 0 Å². The fourth-order valence-electron chi connectivity index (χ4n) is 4.46. The molecule has 32 heavy (non-hydrogen) atoms. The third kappa shape index (κ3) is 3.44. The summed E-state index contributed by atoms with van der Waals surface area (Å²) in [5.41, 5.74) is 21.7. The minimum absolute atomic E-state index is 0.0194. The second-order valence-electron chi connectivity index (χ2n) is 7.97. The van der Waals surface area contributed by atoms with Gasteiger partial charge in [0.25, 0.3) is 0 Å². The van der Waals surface area contributed by atoms with Crippen LogP contribution in [-0.4, -0.2) is 33.0 Å². The third-order valence-electron chi connectivity index (χ3n) is 6.26. The van der Waals surface area contributed by atoms with Crippen LogP contribution in [0.2, 0.25) is 5.02 Å². The summed E-state index contributed by atoms with van der Waals surface area (Å²) < 4.78 is 0. The number of hydrogen-bond acceptors (Lipinski definition) is 11. The predicted octanol–water partition coefficient (Wildman–Crippen LogP) is 3.01. The van der Waals surface area contributed by atoms with Gasteiger partial charge in [0.15, 0.2) is 17.3 Å². The summed E-state index contributed by atoms with van der Waals surface area (Å²) in [5.74, 6) is 0.959. The molecule has 3 aromatic rings. The molecule has 1 aliphatic heterocycles. The van der Waals surface area contributed by atoms with E-state index in [9.17, 15) is 5.26 Å². The maximum atomic E-state index is 9.75. The highest BCUT2D eigenvalue weighted by atomic mass is 35.5. The minimum Gasteiger partial charge on any atom is -0.382 e. The molecule has 0 saturated carbocycles. The SMILES string of the molecule is N#Cc1nc(Sc2ccnc(N)c2Cl)c(N)nc1N1CCC2(CC1)Cc1scnc1[C@H]2N. The molecule has 6 N–H and O–H groups in total. The number of hydrogen-bond donors (Lipinski definition) is 3. The van der Waals surface area contributed by atoms with Crippen molar-refractivity contribution in [1.29, 1.82) is 5.26 Å². The molecule has 0 unspecified atom stereocenters. The van der Waals surface area contributed by atoms with E-state index in [1.807, 2.05) is 5.51 Å². The predicted molar refractivity (Wildman–Crippen MR) is 126 cm³/mol. The molecule has 1 fully saturated rings. The van der Waals surface area contributed by atoms with E-state index in [0.29, 0.717) is 20.8 Å². The van der Waals surface area contributed by atoms with E-state index < -0.39 is 0 Å². The number of piperidine rings is 1. The van der Waals surface area contributed by atoms with Crippen LogP contribution in [0.1, 0.15) is 35.1 Å². The van der Waals surface area contributed by atoms with Crippen molar-refractivity contribution in [3.8, 4) is 6.07 Å². The molecule has 1 spiro atoms. The van der Waals surface area contributed by atoms with Crippen LogP contribution in [0.15, 0.2) is 27.7 Å². The van der Waals surface area contributed by atoms with Crippen LogP contribution in [0.25, 0.3) is 0 Å². The molecule has 4 heterocycles. The van der Waals surface area contributed by atoms with E-state index >= 15 is 0 Å². The largest absolute Gasteiger partial charge is 0.382 e. The molecule has 0 aromatic carbocycles. The van der Waals surface area contributed by atoms with Crippen molar-refractivity contribution in [3.05, 3.63) is 39.1 Å². The maximum absolute atomic E-state index is 9.75.